The average Bonchev–Trinajstić information content (AvgIpc) is 3.34. The van der Waals surface area contributed by atoms with Crippen LogP contribution in [0, 0.1) is 0 Å². The van der Waals surface area contributed by atoms with Crippen LogP contribution in [0.3, 0.4) is 0 Å². The van der Waals surface area contributed by atoms with Crippen LogP contribution in [-0.2, 0) is 0 Å². The van der Waals surface area contributed by atoms with Crippen LogP contribution in [-0.4, -0.2) is 28.1 Å². The van der Waals surface area contributed by atoms with Gasteiger partial charge in [0.15, 0.2) is 23.1 Å². The van der Waals surface area contributed by atoms with Crippen molar-refractivity contribution in [2.75, 3.05) is 0 Å². The zero-order valence-corrected chi connectivity index (χ0v) is 19.9. The Labute approximate surface area is 213 Å². The van der Waals surface area contributed by atoms with Crippen LogP contribution in [0.2, 0.25) is 5.02 Å². The minimum Gasteiger partial charge on any atom is -0.289 e. The third-order valence-electron chi connectivity index (χ3n) is 6.71. The number of nitrogens with zero attached hydrogens (tertiary/aromatic N) is 1. The van der Waals surface area contributed by atoms with Gasteiger partial charge in [0.25, 0.3) is 0 Å². The fraction of sp³-hybridized carbons (Fsp3) is 0. The summed E-state index contributed by atoms with van der Waals surface area (Å²) in [6.45, 7) is 0. The van der Waals surface area contributed by atoms with Gasteiger partial charge < -0.3 is 0 Å². The third-order valence-corrected chi connectivity index (χ3v) is 8.22. The summed E-state index contributed by atoms with van der Waals surface area (Å²) in [5, 5.41) is 0.630. The minimum atomic E-state index is -0.317. The number of thiazole rings is 1. The van der Waals surface area contributed by atoms with E-state index in [1.807, 2.05) is 0 Å². The molecule has 0 bridgehead atoms. The summed E-state index contributed by atoms with van der Waals surface area (Å²) in [5.41, 5.74) is 3.54. The Morgan fingerprint density at radius 3 is 1.61 bits per heavy atom. The van der Waals surface area contributed by atoms with Crippen LogP contribution in [0.1, 0.15) is 63.7 Å². The van der Waals surface area contributed by atoms with E-state index in [-0.39, 0.29) is 39.3 Å². The highest BCUT2D eigenvalue weighted by Gasteiger charge is 2.34. The molecule has 7 rings (SSSR count). The fourth-order valence-corrected chi connectivity index (χ4v) is 6.53. The van der Waals surface area contributed by atoms with Crippen molar-refractivity contribution in [1.29, 1.82) is 0 Å². The lowest BCUT2D eigenvalue weighted by Crippen LogP contribution is -2.21. The predicted molar refractivity (Wildman–Crippen MR) is 137 cm³/mol. The molecular formula is C29H12ClNO4S. The molecule has 0 spiro atoms. The minimum absolute atomic E-state index is 0.140. The number of halogens is 1. The van der Waals surface area contributed by atoms with Crippen molar-refractivity contribution >= 4 is 56.3 Å². The number of carbonyl (C=O) groups is 4. The first-order valence-corrected chi connectivity index (χ1v) is 12.3. The zero-order chi connectivity index (χ0) is 24.7. The Bertz CT molecular complexity index is 1880. The van der Waals surface area contributed by atoms with E-state index in [4.69, 9.17) is 11.6 Å². The summed E-state index contributed by atoms with van der Waals surface area (Å²) >= 11 is 7.98. The van der Waals surface area contributed by atoms with Gasteiger partial charge in [-0.25, -0.2) is 4.98 Å². The molecule has 7 heteroatoms. The number of benzene rings is 4. The molecule has 0 saturated carbocycles. The number of carbonyl (C=O) groups excluding carboxylic acids is 4. The third kappa shape index (κ3) is 2.68. The quantitative estimate of drug-likeness (QED) is 0.266. The fourth-order valence-electron chi connectivity index (χ4n) is 4.99. The summed E-state index contributed by atoms with van der Waals surface area (Å²) in [7, 11) is 0. The molecule has 5 nitrogen and oxygen atoms in total. The molecule has 0 N–H and O–H groups in total. The smallest absolute Gasteiger partial charge is 0.196 e. The topological polar surface area (TPSA) is 81.2 Å². The van der Waals surface area contributed by atoms with Gasteiger partial charge in [-0.1, -0.05) is 60.1 Å². The first-order valence-electron chi connectivity index (χ1n) is 11.1. The number of hydrogen-bond donors (Lipinski definition) is 0. The first kappa shape index (κ1) is 21.1. The van der Waals surface area contributed by atoms with Crippen molar-refractivity contribution in [2.24, 2.45) is 0 Å². The molecule has 2 aliphatic rings. The van der Waals surface area contributed by atoms with Crippen LogP contribution in [0.4, 0.5) is 0 Å². The second-order valence-corrected chi connectivity index (χ2v) is 9.99. The Hall–Kier alpha value is -4.26. The first-order chi connectivity index (χ1) is 17.5. The molecule has 5 aromatic rings. The van der Waals surface area contributed by atoms with Crippen LogP contribution >= 0.6 is 22.9 Å². The normalized spacial score (nSPS) is 13.9. The molecule has 0 unspecified atom stereocenters. The number of rotatable bonds is 1. The summed E-state index contributed by atoms with van der Waals surface area (Å²) < 4.78 is 0.580. The number of ketones is 4. The maximum atomic E-state index is 13.4. The van der Waals surface area contributed by atoms with E-state index in [2.05, 4.69) is 4.98 Å². The zero-order valence-electron chi connectivity index (χ0n) is 18.3. The molecule has 1 heterocycles. The van der Waals surface area contributed by atoms with E-state index in [0.29, 0.717) is 54.2 Å². The molecule has 0 atom stereocenters. The second-order valence-electron chi connectivity index (χ2n) is 8.61. The van der Waals surface area contributed by atoms with Crippen molar-refractivity contribution in [3.8, 4) is 10.6 Å². The monoisotopic (exact) mass is 505 g/mol. The molecule has 0 radical (unpaired) electrons. The van der Waals surface area contributed by atoms with Crippen molar-refractivity contribution in [1.82, 2.24) is 4.98 Å². The molecule has 170 valence electrons. The Kier molecular flexibility index (Phi) is 4.31. The second kappa shape index (κ2) is 7.37. The van der Waals surface area contributed by atoms with Gasteiger partial charge in [-0.2, -0.15) is 0 Å². The molecule has 2 aliphatic carbocycles. The van der Waals surface area contributed by atoms with Crippen molar-refractivity contribution < 1.29 is 19.2 Å². The summed E-state index contributed by atoms with van der Waals surface area (Å²) in [5.74, 6) is -1.00. The molecule has 0 fully saturated rings. The molecule has 0 amide bonds. The largest absolute Gasteiger partial charge is 0.289 e. The van der Waals surface area contributed by atoms with Gasteiger partial charge in [0.05, 0.1) is 26.4 Å². The van der Waals surface area contributed by atoms with Gasteiger partial charge in [0.2, 0.25) is 0 Å². The van der Waals surface area contributed by atoms with E-state index >= 15 is 0 Å². The molecule has 0 aliphatic heterocycles. The highest BCUT2D eigenvalue weighted by molar-refractivity contribution is 7.22. The SMILES string of the molecule is O=C1c2ccccc2C(=O)c2c1ccc(-c1nc3ccc4c(c3s1)C(=O)c1ccccc1C4=O)c2Cl. The van der Waals surface area contributed by atoms with Crippen LogP contribution < -0.4 is 0 Å². The maximum Gasteiger partial charge on any atom is 0.196 e. The Morgan fingerprint density at radius 1 is 0.528 bits per heavy atom. The molecular weight excluding hydrogens is 494 g/mol. The Balaban J connectivity index is 1.42. The highest BCUT2D eigenvalue weighted by atomic mass is 35.5. The highest BCUT2D eigenvalue weighted by Crippen LogP contribution is 2.42. The predicted octanol–water partition coefficient (Wildman–Crippen LogP) is 6.17. The molecule has 1 aromatic heterocycles. The van der Waals surface area contributed by atoms with Crippen LogP contribution in [0.5, 0.6) is 0 Å². The van der Waals surface area contributed by atoms with Gasteiger partial charge in [0, 0.05) is 38.9 Å². The van der Waals surface area contributed by atoms with E-state index in [0.717, 1.165) is 0 Å². The van der Waals surface area contributed by atoms with E-state index in [1.165, 1.54) is 11.3 Å². The van der Waals surface area contributed by atoms with Gasteiger partial charge in [0.1, 0.15) is 5.01 Å². The van der Waals surface area contributed by atoms with Gasteiger partial charge in [-0.15, -0.1) is 11.3 Å². The molecule has 4 aromatic carbocycles. The van der Waals surface area contributed by atoms with Gasteiger partial charge in [-0.3, -0.25) is 19.2 Å². The number of fused-ring (bicyclic) bond motifs is 6. The van der Waals surface area contributed by atoms with Crippen molar-refractivity contribution in [2.45, 2.75) is 0 Å². The number of aromatic nitrogens is 1. The Morgan fingerprint density at radius 2 is 1.00 bits per heavy atom. The standard InChI is InChI=1S/C29H12ClNO4S/c30-23-19(10-9-17-21(23)26(34)15-7-3-1-5-13(15)24(17)32)29-31-20-12-11-18-22(28(20)36-29)27(35)16-8-4-2-6-14(16)25(18)33/h1-12H. The van der Waals surface area contributed by atoms with Crippen molar-refractivity contribution in [3.63, 3.8) is 0 Å². The van der Waals surface area contributed by atoms with E-state index in [9.17, 15) is 19.2 Å². The summed E-state index contributed by atoms with van der Waals surface area (Å²) in [6.07, 6.45) is 0. The maximum absolute atomic E-state index is 13.4. The van der Waals surface area contributed by atoms with E-state index < -0.39 is 0 Å². The molecule has 0 saturated heterocycles. The molecule has 36 heavy (non-hydrogen) atoms. The van der Waals surface area contributed by atoms with E-state index in [1.54, 1.807) is 72.8 Å². The lowest BCUT2D eigenvalue weighted by Gasteiger charge is -2.19. The summed E-state index contributed by atoms with van der Waals surface area (Å²) in [4.78, 5) is 57.5. The average molecular weight is 506 g/mol. The van der Waals surface area contributed by atoms with Crippen molar-refractivity contribution in [3.05, 3.63) is 122 Å². The lowest BCUT2D eigenvalue weighted by atomic mass is 9.83. The van der Waals surface area contributed by atoms with Crippen LogP contribution in [0.15, 0.2) is 72.8 Å². The van der Waals surface area contributed by atoms with Gasteiger partial charge in [-0.05, 0) is 24.3 Å². The van der Waals surface area contributed by atoms with Crippen LogP contribution in [0.25, 0.3) is 20.8 Å². The number of hydrogen-bond acceptors (Lipinski definition) is 6. The lowest BCUT2D eigenvalue weighted by molar-refractivity contribution is 0.0979. The summed E-state index contributed by atoms with van der Waals surface area (Å²) in [6, 6.07) is 20.1. The van der Waals surface area contributed by atoms with Gasteiger partial charge >= 0.3 is 0 Å².